The molecule has 0 aliphatic carbocycles. The van der Waals surface area contributed by atoms with Crippen LogP contribution in [0.4, 0.5) is 5.00 Å². The molecular formula is C11H12ClNO3S. The van der Waals surface area contributed by atoms with Crippen LogP contribution >= 0.6 is 22.9 Å². The number of amides is 1. The number of alkyl halides is 1. The maximum absolute atomic E-state index is 11.8. The van der Waals surface area contributed by atoms with E-state index in [4.69, 9.17) is 11.6 Å². The lowest BCUT2D eigenvalue weighted by Crippen LogP contribution is -2.25. The fourth-order valence-electron chi connectivity index (χ4n) is 1.86. The highest BCUT2D eigenvalue weighted by Gasteiger charge is 2.33. The highest BCUT2D eigenvalue weighted by Crippen LogP contribution is 2.33. The van der Waals surface area contributed by atoms with Crippen LogP contribution in [-0.4, -0.2) is 31.4 Å². The number of thiophene rings is 1. The van der Waals surface area contributed by atoms with Crippen molar-refractivity contribution < 1.29 is 14.3 Å². The lowest BCUT2D eigenvalue weighted by molar-refractivity contribution is -0.117. The monoisotopic (exact) mass is 273 g/mol. The lowest BCUT2D eigenvalue weighted by Gasteiger charge is -2.15. The van der Waals surface area contributed by atoms with Crippen LogP contribution in [0.15, 0.2) is 11.4 Å². The van der Waals surface area contributed by atoms with Gasteiger partial charge in [-0.25, -0.2) is 4.79 Å². The minimum atomic E-state index is -0.414. The summed E-state index contributed by atoms with van der Waals surface area (Å²) in [5, 5.41) is 2.44. The van der Waals surface area contributed by atoms with Crippen LogP contribution in [0.5, 0.6) is 0 Å². The van der Waals surface area contributed by atoms with Crippen molar-refractivity contribution in [1.29, 1.82) is 0 Å². The molecule has 17 heavy (non-hydrogen) atoms. The molecule has 1 saturated heterocycles. The third-order valence-corrected chi connectivity index (χ3v) is 4.09. The van der Waals surface area contributed by atoms with Gasteiger partial charge in [0.15, 0.2) is 0 Å². The predicted molar refractivity (Wildman–Crippen MR) is 66.8 cm³/mol. The first-order valence-corrected chi connectivity index (χ1v) is 6.61. The number of carbonyl (C=O) groups is 2. The molecule has 0 bridgehead atoms. The molecule has 0 saturated carbocycles. The van der Waals surface area contributed by atoms with Crippen LogP contribution in [0.25, 0.3) is 0 Å². The molecule has 2 heterocycles. The number of hydrogen-bond donors (Lipinski definition) is 0. The average Bonchev–Trinajstić information content (AvgIpc) is 2.93. The Morgan fingerprint density at radius 2 is 2.47 bits per heavy atom. The zero-order valence-electron chi connectivity index (χ0n) is 9.31. The van der Waals surface area contributed by atoms with Crippen molar-refractivity contribution in [3.63, 3.8) is 0 Å². The van der Waals surface area contributed by atoms with Gasteiger partial charge in [-0.3, -0.25) is 4.79 Å². The molecular weight excluding hydrogens is 262 g/mol. The van der Waals surface area contributed by atoms with Gasteiger partial charge in [0, 0.05) is 18.8 Å². The first-order chi connectivity index (χ1) is 8.17. The third-order valence-electron chi connectivity index (χ3n) is 2.72. The number of carbonyl (C=O) groups excluding carboxylic acids is 2. The molecule has 1 aromatic rings. The molecule has 1 fully saturated rings. The van der Waals surface area contributed by atoms with E-state index in [1.165, 1.54) is 18.4 Å². The second-order valence-corrected chi connectivity index (χ2v) is 5.06. The Labute approximate surface area is 108 Å². The Morgan fingerprint density at radius 1 is 1.71 bits per heavy atom. The van der Waals surface area contributed by atoms with Crippen molar-refractivity contribution in [2.45, 2.75) is 6.42 Å². The normalized spacial score (nSPS) is 19.8. The van der Waals surface area contributed by atoms with E-state index in [9.17, 15) is 9.59 Å². The summed E-state index contributed by atoms with van der Waals surface area (Å²) in [5.74, 6) is 0.227. The molecule has 4 nitrogen and oxygen atoms in total. The van der Waals surface area contributed by atoms with Crippen molar-refractivity contribution in [3.05, 3.63) is 17.0 Å². The van der Waals surface area contributed by atoms with Gasteiger partial charge in [-0.05, 0) is 17.4 Å². The number of hydrogen-bond acceptors (Lipinski definition) is 4. The van der Waals surface area contributed by atoms with Crippen LogP contribution in [0.1, 0.15) is 16.8 Å². The van der Waals surface area contributed by atoms with Gasteiger partial charge in [0.2, 0.25) is 5.91 Å². The van der Waals surface area contributed by atoms with Gasteiger partial charge in [-0.15, -0.1) is 22.9 Å². The zero-order valence-corrected chi connectivity index (χ0v) is 10.9. The number of methoxy groups -OCH3 is 1. The van der Waals surface area contributed by atoms with E-state index in [0.717, 1.165) is 0 Å². The summed E-state index contributed by atoms with van der Waals surface area (Å²) in [6.45, 7) is 0.576. The summed E-state index contributed by atoms with van der Waals surface area (Å²) in [6, 6.07) is 1.67. The summed E-state index contributed by atoms with van der Waals surface area (Å²) in [6.07, 6.45) is 0.446. The smallest absolute Gasteiger partial charge is 0.340 e. The molecule has 1 aliphatic rings. The third kappa shape index (κ3) is 2.30. The number of nitrogens with zero attached hydrogens (tertiary/aromatic N) is 1. The Hall–Kier alpha value is -1.07. The quantitative estimate of drug-likeness (QED) is 0.626. The molecule has 0 spiro atoms. The van der Waals surface area contributed by atoms with Crippen LogP contribution in [0.3, 0.4) is 0 Å². The first kappa shape index (κ1) is 12.4. The van der Waals surface area contributed by atoms with Gasteiger partial charge in [0.1, 0.15) is 5.00 Å². The van der Waals surface area contributed by atoms with E-state index < -0.39 is 5.97 Å². The van der Waals surface area contributed by atoms with Gasteiger partial charge in [-0.1, -0.05) is 0 Å². The average molecular weight is 274 g/mol. The van der Waals surface area contributed by atoms with Crippen LogP contribution < -0.4 is 4.90 Å². The Morgan fingerprint density at radius 3 is 3.06 bits per heavy atom. The maximum atomic E-state index is 11.8. The van der Waals surface area contributed by atoms with E-state index in [-0.39, 0.29) is 11.8 Å². The number of esters is 1. The fourth-order valence-corrected chi connectivity index (χ4v) is 2.98. The van der Waals surface area contributed by atoms with Crippen LogP contribution in [0.2, 0.25) is 0 Å². The Kier molecular flexibility index (Phi) is 3.69. The second kappa shape index (κ2) is 5.06. The highest BCUT2D eigenvalue weighted by atomic mass is 35.5. The SMILES string of the molecule is COC(=O)c1ccsc1N1CC(CCl)CC1=O. The number of ether oxygens (including phenoxy) is 1. The molecule has 6 heteroatoms. The van der Waals surface area contributed by atoms with Gasteiger partial charge in [-0.2, -0.15) is 0 Å². The van der Waals surface area contributed by atoms with E-state index in [1.807, 2.05) is 0 Å². The summed E-state index contributed by atoms with van der Waals surface area (Å²) >= 11 is 7.13. The highest BCUT2D eigenvalue weighted by molar-refractivity contribution is 7.14. The van der Waals surface area contributed by atoms with E-state index in [2.05, 4.69) is 4.74 Å². The molecule has 92 valence electrons. The molecule has 2 rings (SSSR count). The van der Waals surface area contributed by atoms with Crippen LogP contribution in [0, 0.1) is 5.92 Å². The molecule has 0 N–H and O–H groups in total. The molecule has 1 amide bonds. The predicted octanol–water partition coefficient (Wildman–Crippen LogP) is 2.13. The second-order valence-electron chi connectivity index (χ2n) is 3.86. The van der Waals surface area contributed by atoms with E-state index >= 15 is 0 Å². The minimum Gasteiger partial charge on any atom is -0.465 e. The number of halogens is 1. The zero-order chi connectivity index (χ0) is 12.4. The minimum absolute atomic E-state index is 0.0169. The van der Waals surface area contributed by atoms with Crippen molar-refractivity contribution in [2.24, 2.45) is 5.92 Å². The molecule has 0 aromatic carbocycles. The number of anilines is 1. The Bertz CT molecular complexity index is 446. The molecule has 1 aliphatic heterocycles. The van der Waals surface area contributed by atoms with Gasteiger partial charge in [0.25, 0.3) is 0 Å². The molecule has 0 radical (unpaired) electrons. The Balaban J connectivity index is 2.26. The van der Waals surface area contributed by atoms with Gasteiger partial charge < -0.3 is 9.64 Å². The fraction of sp³-hybridized carbons (Fsp3) is 0.455. The topological polar surface area (TPSA) is 46.6 Å². The lowest BCUT2D eigenvalue weighted by atomic mass is 10.1. The van der Waals surface area contributed by atoms with Crippen LogP contribution in [-0.2, 0) is 9.53 Å². The van der Waals surface area contributed by atoms with Gasteiger partial charge >= 0.3 is 5.97 Å². The van der Waals surface area contributed by atoms with Crippen molar-refractivity contribution in [1.82, 2.24) is 0 Å². The van der Waals surface area contributed by atoms with Crippen molar-refractivity contribution in [3.8, 4) is 0 Å². The van der Waals surface area contributed by atoms with Crippen molar-refractivity contribution in [2.75, 3.05) is 24.4 Å². The summed E-state index contributed by atoms with van der Waals surface area (Å²) < 4.78 is 4.69. The maximum Gasteiger partial charge on any atom is 0.340 e. The molecule has 1 atom stereocenters. The summed E-state index contributed by atoms with van der Waals surface area (Å²) in [5.41, 5.74) is 0.445. The summed E-state index contributed by atoms with van der Waals surface area (Å²) in [4.78, 5) is 25.0. The number of rotatable bonds is 3. The van der Waals surface area contributed by atoms with Crippen molar-refractivity contribution >= 4 is 39.8 Å². The molecule has 1 aromatic heterocycles. The van der Waals surface area contributed by atoms with E-state index in [0.29, 0.717) is 29.4 Å². The largest absolute Gasteiger partial charge is 0.465 e. The van der Waals surface area contributed by atoms with Gasteiger partial charge in [0.05, 0.1) is 12.7 Å². The molecule has 1 unspecified atom stereocenters. The standard InChI is InChI=1S/C11H12ClNO3S/c1-16-11(15)8-2-3-17-10(8)13-6-7(5-12)4-9(13)14/h2-3,7H,4-6H2,1H3. The van der Waals surface area contributed by atoms with E-state index in [1.54, 1.807) is 16.3 Å². The first-order valence-electron chi connectivity index (χ1n) is 5.19. The summed E-state index contributed by atoms with van der Waals surface area (Å²) in [7, 11) is 1.33.